The number of methoxy groups -OCH3 is 1. The zero-order valence-electron chi connectivity index (χ0n) is 11.3. The van der Waals surface area contributed by atoms with E-state index in [0.29, 0.717) is 17.3 Å². The van der Waals surface area contributed by atoms with Crippen molar-refractivity contribution in [2.45, 2.75) is 13.5 Å². The molecule has 0 aliphatic carbocycles. The van der Waals surface area contributed by atoms with Gasteiger partial charge in [0.25, 0.3) is 5.91 Å². The number of rotatable bonds is 5. The fourth-order valence-corrected chi connectivity index (χ4v) is 2.25. The Balaban J connectivity index is 2.02. The first-order chi connectivity index (χ1) is 9.69. The summed E-state index contributed by atoms with van der Waals surface area (Å²) in [6.45, 7) is 2.16. The molecule has 2 aromatic rings. The number of benzene rings is 1. The molecule has 1 N–H and O–H groups in total. The number of carbonyl (C=O) groups is 1. The van der Waals surface area contributed by atoms with E-state index in [2.05, 4.69) is 15.5 Å². The molecule has 6 heteroatoms. The van der Waals surface area contributed by atoms with Crippen LogP contribution in [0.15, 0.2) is 35.9 Å². The van der Waals surface area contributed by atoms with Crippen LogP contribution in [0.3, 0.4) is 0 Å². The number of hydrogen-bond acceptors (Lipinski definition) is 5. The summed E-state index contributed by atoms with van der Waals surface area (Å²) in [5.41, 5.74) is 1.59. The van der Waals surface area contributed by atoms with E-state index < -0.39 is 0 Å². The van der Waals surface area contributed by atoms with E-state index in [0.717, 1.165) is 10.6 Å². The van der Waals surface area contributed by atoms with Crippen LogP contribution < -0.4 is 5.32 Å². The highest BCUT2D eigenvalue weighted by Gasteiger charge is 2.09. The van der Waals surface area contributed by atoms with Crippen molar-refractivity contribution in [2.75, 3.05) is 12.4 Å². The van der Waals surface area contributed by atoms with Crippen LogP contribution in [0.2, 0.25) is 0 Å². The van der Waals surface area contributed by atoms with Crippen molar-refractivity contribution in [3.8, 4) is 0 Å². The van der Waals surface area contributed by atoms with Crippen LogP contribution in [0.1, 0.15) is 17.5 Å². The Labute approximate surface area is 121 Å². The second-order valence-electron chi connectivity index (χ2n) is 4.13. The van der Waals surface area contributed by atoms with Gasteiger partial charge < -0.3 is 4.74 Å². The van der Waals surface area contributed by atoms with Gasteiger partial charge in [-0.15, -0.1) is 10.2 Å². The van der Waals surface area contributed by atoms with Gasteiger partial charge in [-0.2, -0.15) is 0 Å². The van der Waals surface area contributed by atoms with Crippen LogP contribution in [0.5, 0.6) is 0 Å². The van der Waals surface area contributed by atoms with Crippen molar-refractivity contribution < 1.29 is 9.53 Å². The summed E-state index contributed by atoms with van der Waals surface area (Å²) in [7, 11) is 1.59. The minimum absolute atomic E-state index is 0.186. The van der Waals surface area contributed by atoms with Crippen molar-refractivity contribution in [3.63, 3.8) is 0 Å². The van der Waals surface area contributed by atoms with Gasteiger partial charge in [0.15, 0.2) is 0 Å². The molecule has 2 rings (SSSR count). The van der Waals surface area contributed by atoms with Gasteiger partial charge in [0.05, 0.1) is 0 Å². The Kier molecular flexibility index (Phi) is 4.97. The van der Waals surface area contributed by atoms with Crippen molar-refractivity contribution in [1.29, 1.82) is 0 Å². The second kappa shape index (κ2) is 6.93. The molecular formula is C14H15N3O2S. The van der Waals surface area contributed by atoms with Crippen LogP contribution in [0.25, 0.3) is 6.08 Å². The second-order valence-corrected chi connectivity index (χ2v) is 5.19. The Hall–Kier alpha value is -2.05. The fourth-order valence-electron chi connectivity index (χ4n) is 1.55. The molecule has 5 nitrogen and oxygen atoms in total. The van der Waals surface area contributed by atoms with E-state index in [4.69, 9.17) is 4.74 Å². The van der Waals surface area contributed by atoms with Crippen LogP contribution >= 0.6 is 11.3 Å². The number of nitrogens with one attached hydrogen (secondary N) is 1. The van der Waals surface area contributed by atoms with Gasteiger partial charge in [-0.25, -0.2) is 0 Å². The molecule has 0 saturated carbocycles. The average molecular weight is 289 g/mol. The Morgan fingerprint density at radius 1 is 1.35 bits per heavy atom. The van der Waals surface area contributed by atoms with E-state index in [-0.39, 0.29) is 5.91 Å². The summed E-state index contributed by atoms with van der Waals surface area (Å²) < 4.78 is 4.96. The van der Waals surface area contributed by atoms with Crippen molar-refractivity contribution in [1.82, 2.24) is 10.2 Å². The van der Waals surface area contributed by atoms with Gasteiger partial charge in [0.1, 0.15) is 11.6 Å². The molecule has 0 atom stereocenters. The van der Waals surface area contributed by atoms with E-state index in [1.165, 1.54) is 11.3 Å². The van der Waals surface area contributed by atoms with E-state index in [1.54, 1.807) is 14.0 Å². The van der Waals surface area contributed by atoms with Crippen molar-refractivity contribution in [3.05, 3.63) is 46.5 Å². The standard InChI is InChI=1S/C14H15N3O2S/c1-10(8-11-6-4-3-5-7-11)13(18)15-14-17-16-12(20-14)9-19-2/h3-8H,9H2,1-2H3,(H,15,17,18). The molecule has 0 aliphatic heterocycles. The van der Waals surface area contributed by atoms with Crippen LogP contribution in [0.4, 0.5) is 5.13 Å². The lowest BCUT2D eigenvalue weighted by atomic mass is 10.1. The summed E-state index contributed by atoms with van der Waals surface area (Å²) in [4.78, 5) is 12.0. The van der Waals surface area contributed by atoms with Gasteiger partial charge in [-0.1, -0.05) is 41.7 Å². The zero-order valence-corrected chi connectivity index (χ0v) is 12.1. The molecule has 1 aromatic heterocycles. The number of aromatic nitrogens is 2. The van der Waals surface area contributed by atoms with Crippen LogP contribution in [0, 0.1) is 0 Å². The normalized spacial score (nSPS) is 11.4. The molecule has 1 aromatic carbocycles. The number of hydrogen-bond donors (Lipinski definition) is 1. The Bertz CT molecular complexity index is 608. The van der Waals surface area contributed by atoms with Gasteiger partial charge in [-0.3, -0.25) is 10.1 Å². The molecule has 104 valence electrons. The third-order valence-electron chi connectivity index (χ3n) is 2.50. The summed E-state index contributed by atoms with van der Waals surface area (Å²) in [6.07, 6.45) is 1.83. The number of carbonyl (C=O) groups excluding carboxylic acids is 1. The SMILES string of the molecule is COCc1nnc(NC(=O)C(C)=Cc2ccccc2)s1. The molecule has 0 radical (unpaired) electrons. The largest absolute Gasteiger partial charge is 0.377 e. The summed E-state index contributed by atoms with van der Waals surface area (Å²) in [5.74, 6) is -0.186. The first-order valence-corrected chi connectivity index (χ1v) is 6.86. The van der Waals surface area contributed by atoms with E-state index in [1.807, 2.05) is 36.4 Å². The van der Waals surface area contributed by atoms with Gasteiger partial charge in [0, 0.05) is 12.7 Å². The fraction of sp³-hybridized carbons (Fsp3) is 0.214. The molecule has 0 aliphatic rings. The van der Waals surface area contributed by atoms with Crippen molar-refractivity contribution >= 4 is 28.5 Å². The maximum atomic E-state index is 12.0. The smallest absolute Gasteiger partial charge is 0.253 e. The predicted molar refractivity (Wildman–Crippen MR) is 79.3 cm³/mol. The quantitative estimate of drug-likeness (QED) is 0.860. The van der Waals surface area contributed by atoms with Gasteiger partial charge in [-0.05, 0) is 18.6 Å². The number of anilines is 1. The summed E-state index contributed by atoms with van der Waals surface area (Å²) in [6, 6.07) is 9.68. The molecule has 0 saturated heterocycles. The molecule has 20 heavy (non-hydrogen) atoms. The van der Waals surface area contributed by atoms with Crippen LogP contribution in [-0.2, 0) is 16.1 Å². The molecular weight excluding hydrogens is 274 g/mol. The Morgan fingerprint density at radius 2 is 2.10 bits per heavy atom. The monoisotopic (exact) mass is 289 g/mol. The average Bonchev–Trinajstić information content (AvgIpc) is 2.87. The number of amides is 1. The topological polar surface area (TPSA) is 64.1 Å². The van der Waals surface area contributed by atoms with Crippen LogP contribution in [-0.4, -0.2) is 23.2 Å². The lowest BCUT2D eigenvalue weighted by Crippen LogP contribution is -2.12. The zero-order chi connectivity index (χ0) is 14.4. The third-order valence-corrected chi connectivity index (χ3v) is 3.31. The summed E-state index contributed by atoms with van der Waals surface area (Å²) >= 11 is 1.30. The van der Waals surface area contributed by atoms with E-state index >= 15 is 0 Å². The van der Waals surface area contributed by atoms with Gasteiger partial charge >= 0.3 is 0 Å². The minimum atomic E-state index is -0.186. The molecule has 0 bridgehead atoms. The minimum Gasteiger partial charge on any atom is -0.377 e. The molecule has 0 fully saturated rings. The Morgan fingerprint density at radius 3 is 2.80 bits per heavy atom. The first kappa shape index (κ1) is 14.4. The molecule has 0 spiro atoms. The molecule has 0 unspecified atom stereocenters. The highest BCUT2D eigenvalue weighted by molar-refractivity contribution is 7.15. The predicted octanol–water partition coefficient (Wildman–Crippen LogP) is 2.73. The highest BCUT2D eigenvalue weighted by Crippen LogP contribution is 2.17. The van der Waals surface area contributed by atoms with Gasteiger partial charge in [0.2, 0.25) is 5.13 Å². The third kappa shape index (κ3) is 3.97. The highest BCUT2D eigenvalue weighted by atomic mass is 32.1. The lowest BCUT2D eigenvalue weighted by molar-refractivity contribution is -0.112. The summed E-state index contributed by atoms with van der Waals surface area (Å²) in [5, 5.41) is 11.7. The molecule has 1 amide bonds. The maximum Gasteiger partial charge on any atom is 0.253 e. The van der Waals surface area contributed by atoms with E-state index in [9.17, 15) is 4.79 Å². The molecule has 1 heterocycles. The lowest BCUT2D eigenvalue weighted by Gasteiger charge is -2.01. The number of nitrogens with zero attached hydrogens (tertiary/aromatic N) is 2. The maximum absolute atomic E-state index is 12.0. The van der Waals surface area contributed by atoms with Crippen molar-refractivity contribution in [2.24, 2.45) is 0 Å². The first-order valence-electron chi connectivity index (χ1n) is 6.05. The number of ether oxygens (including phenoxy) is 1.